The third-order valence-electron chi connectivity index (χ3n) is 4.84. The molecular weight excluding hydrogens is 260 g/mol. The summed E-state index contributed by atoms with van der Waals surface area (Å²) in [7, 11) is -0.532. The molecule has 0 aromatic heterocycles. The largest absolute Gasteiger partial charge is 0.314 e. The molecule has 0 radical (unpaired) electrons. The fraction of sp³-hybridized carbons (Fsp3) is 1.00. The SMILES string of the molecule is CCS(=O)(=O)CCCNC1CC2CCCC(C1)N2C. The minimum Gasteiger partial charge on any atom is -0.314 e. The molecular formula is C14H28N2O2S. The zero-order chi connectivity index (χ0) is 13.9. The van der Waals surface area contributed by atoms with Crippen LogP contribution in [0.3, 0.4) is 0 Å². The Morgan fingerprint density at radius 3 is 2.42 bits per heavy atom. The Hall–Kier alpha value is -0.130. The Morgan fingerprint density at radius 1 is 1.21 bits per heavy atom. The highest BCUT2D eigenvalue weighted by Gasteiger charge is 2.35. The molecule has 5 heteroatoms. The lowest BCUT2D eigenvalue weighted by Crippen LogP contribution is -2.54. The predicted molar refractivity (Wildman–Crippen MR) is 79.2 cm³/mol. The Labute approximate surface area is 117 Å². The first-order chi connectivity index (χ1) is 9.02. The van der Waals surface area contributed by atoms with Crippen molar-refractivity contribution in [3.05, 3.63) is 0 Å². The standard InChI is InChI=1S/C14H28N2O2S/c1-3-19(17,18)9-5-8-15-12-10-13-6-4-7-14(11-12)16(13)2/h12-15H,3-11H2,1-2H3. The van der Waals surface area contributed by atoms with Gasteiger partial charge in [-0.25, -0.2) is 8.42 Å². The van der Waals surface area contributed by atoms with Gasteiger partial charge in [-0.1, -0.05) is 13.3 Å². The lowest BCUT2D eigenvalue weighted by molar-refractivity contribution is 0.0487. The molecule has 2 saturated heterocycles. The van der Waals surface area contributed by atoms with Crippen LogP contribution in [0.2, 0.25) is 0 Å². The molecule has 2 aliphatic rings. The van der Waals surface area contributed by atoms with Gasteiger partial charge in [0.1, 0.15) is 9.84 Å². The number of sulfone groups is 1. The molecule has 2 rings (SSSR count). The van der Waals surface area contributed by atoms with Gasteiger partial charge in [-0.15, -0.1) is 0 Å². The van der Waals surface area contributed by atoms with E-state index in [9.17, 15) is 8.42 Å². The first kappa shape index (κ1) is 15.3. The highest BCUT2D eigenvalue weighted by Crippen LogP contribution is 2.32. The van der Waals surface area contributed by atoms with E-state index in [0.717, 1.165) is 25.0 Å². The summed E-state index contributed by atoms with van der Waals surface area (Å²) < 4.78 is 22.8. The molecule has 0 aromatic rings. The second-order valence-electron chi connectivity index (χ2n) is 6.12. The van der Waals surface area contributed by atoms with E-state index in [2.05, 4.69) is 17.3 Å². The minimum absolute atomic E-state index is 0.269. The molecule has 4 nitrogen and oxygen atoms in total. The van der Waals surface area contributed by atoms with Crippen LogP contribution in [0.25, 0.3) is 0 Å². The van der Waals surface area contributed by atoms with Crippen molar-refractivity contribution >= 4 is 9.84 Å². The highest BCUT2D eigenvalue weighted by molar-refractivity contribution is 7.91. The lowest BCUT2D eigenvalue weighted by atomic mass is 9.82. The second kappa shape index (κ2) is 6.55. The van der Waals surface area contributed by atoms with Gasteiger partial charge in [-0.05, 0) is 45.7 Å². The van der Waals surface area contributed by atoms with Gasteiger partial charge >= 0.3 is 0 Å². The summed E-state index contributed by atoms with van der Waals surface area (Å²) in [6, 6.07) is 2.07. The fourth-order valence-corrected chi connectivity index (χ4v) is 4.40. The molecule has 2 atom stereocenters. The zero-order valence-corrected chi connectivity index (χ0v) is 13.1. The molecule has 19 heavy (non-hydrogen) atoms. The van der Waals surface area contributed by atoms with Gasteiger partial charge in [0.2, 0.25) is 0 Å². The number of hydrogen-bond donors (Lipinski definition) is 1. The van der Waals surface area contributed by atoms with Crippen molar-refractivity contribution in [2.24, 2.45) is 0 Å². The van der Waals surface area contributed by atoms with E-state index in [-0.39, 0.29) is 5.75 Å². The normalized spacial score (nSPS) is 32.4. The van der Waals surface area contributed by atoms with E-state index in [1.54, 1.807) is 6.92 Å². The number of piperidine rings is 2. The molecule has 2 fully saturated rings. The minimum atomic E-state index is -2.79. The van der Waals surface area contributed by atoms with Crippen molar-refractivity contribution in [1.29, 1.82) is 0 Å². The van der Waals surface area contributed by atoms with E-state index in [4.69, 9.17) is 0 Å². The van der Waals surface area contributed by atoms with Gasteiger partial charge in [-0.2, -0.15) is 0 Å². The summed E-state index contributed by atoms with van der Waals surface area (Å²) in [5, 5.41) is 3.58. The van der Waals surface area contributed by atoms with Crippen LogP contribution in [-0.2, 0) is 9.84 Å². The third kappa shape index (κ3) is 4.17. The van der Waals surface area contributed by atoms with Crippen molar-refractivity contribution in [2.75, 3.05) is 25.1 Å². The van der Waals surface area contributed by atoms with Gasteiger partial charge in [0.15, 0.2) is 0 Å². The third-order valence-corrected chi connectivity index (χ3v) is 6.64. The van der Waals surface area contributed by atoms with E-state index < -0.39 is 9.84 Å². The van der Waals surface area contributed by atoms with Crippen molar-refractivity contribution < 1.29 is 8.42 Å². The first-order valence-electron chi connectivity index (χ1n) is 7.67. The van der Waals surface area contributed by atoms with Crippen molar-refractivity contribution in [3.63, 3.8) is 0 Å². The van der Waals surface area contributed by atoms with Gasteiger partial charge in [0.25, 0.3) is 0 Å². The molecule has 2 aliphatic heterocycles. The van der Waals surface area contributed by atoms with E-state index in [1.165, 1.54) is 32.1 Å². The number of nitrogens with zero attached hydrogens (tertiary/aromatic N) is 1. The Morgan fingerprint density at radius 2 is 1.84 bits per heavy atom. The Balaban J connectivity index is 1.70. The average molecular weight is 288 g/mol. The summed E-state index contributed by atoms with van der Waals surface area (Å²) in [6.07, 6.45) is 7.24. The van der Waals surface area contributed by atoms with Crippen LogP contribution in [0.15, 0.2) is 0 Å². The average Bonchev–Trinajstić information content (AvgIpc) is 2.35. The Kier molecular flexibility index (Phi) is 5.26. The summed E-state index contributed by atoms with van der Waals surface area (Å²) in [4.78, 5) is 2.56. The molecule has 0 aromatic carbocycles. The van der Waals surface area contributed by atoms with E-state index in [0.29, 0.717) is 11.8 Å². The zero-order valence-electron chi connectivity index (χ0n) is 12.3. The van der Waals surface area contributed by atoms with Crippen LogP contribution in [0.5, 0.6) is 0 Å². The highest BCUT2D eigenvalue weighted by atomic mass is 32.2. The molecule has 2 unspecified atom stereocenters. The van der Waals surface area contributed by atoms with Crippen LogP contribution in [0, 0.1) is 0 Å². The molecule has 1 N–H and O–H groups in total. The van der Waals surface area contributed by atoms with Gasteiger partial charge in [-0.3, -0.25) is 0 Å². The van der Waals surface area contributed by atoms with Crippen LogP contribution in [-0.4, -0.2) is 56.5 Å². The maximum atomic E-state index is 11.4. The maximum absolute atomic E-state index is 11.4. The van der Waals surface area contributed by atoms with Gasteiger partial charge in [0.05, 0.1) is 5.75 Å². The van der Waals surface area contributed by atoms with Crippen LogP contribution >= 0.6 is 0 Å². The quantitative estimate of drug-likeness (QED) is 0.751. The monoisotopic (exact) mass is 288 g/mol. The first-order valence-corrected chi connectivity index (χ1v) is 9.49. The maximum Gasteiger partial charge on any atom is 0.150 e. The number of hydrogen-bond acceptors (Lipinski definition) is 4. The number of fused-ring (bicyclic) bond motifs is 2. The Bertz CT molecular complexity index is 369. The van der Waals surface area contributed by atoms with Crippen molar-refractivity contribution in [1.82, 2.24) is 10.2 Å². The molecule has 0 aliphatic carbocycles. The summed E-state index contributed by atoms with van der Waals surface area (Å²) in [5.41, 5.74) is 0. The molecule has 112 valence electrons. The fourth-order valence-electron chi connectivity index (χ4n) is 3.53. The van der Waals surface area contributed by atoms with Gasteiger partial charge in [0, 0.05) is 23.9 Å². The van der Waals surface area contributed by atoms with E-state index in [1.807, 2.05) is 0 Å². The van der Waals surface area contributed by atoms with Crippen LogP contribution < -0.4 is 5.32 Å². The van der Waals surface area contributed by atoms with Crippen LogP contribution in [0.4, 0.5) is 0 Å². The molecule has 0 spiro atoms. The summed E-state index contributed by atoms with van der Waals surface area (Å²) >= 11 is 0. The van der Waals surface area contributed by atoms with E-state index >= 15 is 0 Å². The number of rotatable bonds is 6. The van der Waals surface area contributed by atoms with Gasteiger partial charge < -0.3 is 10.2 Å². The molecule has 0 saturated carbocycles. The predicted octanol–water partition coefficient (Wildman–Crippen LogP) is 1.42. The summed E-state index contributed by atoms with van der Waals surface area (Å²) in [6.45, 7) is 2.56. The molecule has 0 amide bonds. The number of nitrogens with one attached hydrogen (secondary N) is 1. The smallest absolute Gasteiger partial charge is 0.150 e. The molecule has 2 heterocycles. The topological polar surface area (TPSA) is 49.4 Å². The van der Waals surface area contributed by atoms with Crippen molar-refractivity contribution in [2.45, 2.75) is 63.6 Å². The summed E-state index contributed by atoms with van der Waals surface area (Å²) in [5.74, 6) is 0.599. The van der Waals surface area contributed by atoms with Crippen LogP contribution in [0.1, 0.15) is 45.4 Å². The van der Waals surface area contributed by atoms with Crippen molar-refractivity contribution in [3.8, 4) is 0 Å². The lowest BCUT2D eigenvalue weighted by Gasteiger charge is -2.47. The second-order valence-corrected chi connectivity index (χ2v) is 8.59. The molecule has 2 bridgehead atoms.